The molecule has 1 heterocycles. The van der Waals surface area contributed by atoms with E-state index in [9.17, 15) is 4.79 Å². The molecule has 6 heteroatoms. The van der Waals surface area contributed by atoms with E-state index in [1.807, 2.05) is 59.3 Å². The highest BCUT2D eigenvalue weighted by atomic mass is 16.1. The first-order valence-corrected chi connectivity index (χ1v) is 8.96. The second-order valence-corrected chi connectivity index (χ2v) is 6.63. The van der Waals surface area contributed by atoms with E-state index in [1.54, 1.807) is 12.5 Å². The Bertz CT molecular complexity index is 839. The fraction of sp³-hybridized carbons (Fsp3) is 0.238. The zero-order chi connectivity index (χ0) is 19.1. The van der Waals surface area contributed by atoms with Crippen LogP contribution < -0.4 is 10.6 Å². The number of amides is 1. The molecule has 3 aromatic rings. The van der Waals surface area contributed by atoms with Crippen molar-refractivity contribution in [2.45, 2.75) is 6.54 Å². The standard InChI is InChI=1S/C21H25N5O/c1-25(2)13-12-23-19-7-3-17(4-8-19)15-24-21(27)18-5-9-20(10-6-18)26-14-11-22-16-26/h3-11,14,16,23H,12-13,15H2,1-2H3,(H,24,27). The number of nitrogens with one attached hydrogen (secondary N) is 2. The maximum absolute atomic E-state index is 12.3. The fourth-order valence-electron chi connectivity index (χ4n) is 2.65. The first-order valence-electron chi connectivity index (χ1n) is 8.96. The quantitative estimate of drug-likeness (QED) is 0.646. The van der Waals surface area contributed by atoms with Crippen LogP contribution in [0.25, 0.3) is 5.69 Å². The Morgan fingerprint density at radius 1 is 1.07 bits per heavy atom. The van der Waals surface area contributed by atoms with E-state index < -0.39 is 0 Å². The van der Waals surface area contributed by atoms with Crippen LogP contribution in [0.5, 0.6) is 0 Å². The van der Waals surface area contributed by atoms with Crippen LogP contribution in [0.15, 0.2) is 67.3 Å². The largest absolute Gasteiger partial charge is 0.384 e. The Morgan fingerprint density at radius 2 is 1.81 bits per heavy atom. The highest BCUT2D eigenvalue weighted by Crippen LogP contribution is 2.11. The lowest BCUT2D eigenvalue weighted by atomic mass is 10.1. The molecule has 0 fully saturated rings. The predicted molar refractivity (Wildman–Crippen MR) is 108 cm³/mol. The van der Waals surface area contributed by atoms with Crippen molar-refractivity contribution in [2.24, 2.45) is 0 Å². The van der Waals surface area contributed by atoms with Gasteiger partial charge in [-0.25, -0.2) is 4.98 Å². The molecule has 2 N–H and O–H groups in total. The van der Waals surface area contributed by atoms with E-state index in [2.05, 4.69) is 34.6 Å². The highest BCUT2D eigenvalue weighted by Gasteiger charge is 2.06. The van der Waals surface area contributed by atoms with Crippen LogP contribution in [0.1, 0.15) is 15.9 Å². The van der Waals surface area contributed by atoms with Gasteiger partial charge in [0.2, 0.25) is 0 Å². The molecule has 2 aromatic carbocycles. The average molecular weight is 363 g/mol. The minimum absolute atomic E-state index is 0.0830. The van der Waals surface area contributed by atoms with Crippen LogP contribution in [0.4, 0.5) is 5.69 Å². The summed E-state index contributed by atoms with van der Waals surface area (Å²) in [7, 11) is 4.11. The van der Waals surface area contributed by atoms with E-state index in [-0.39, 0.29) is 5.91 Å². The smallest absolute Gasteiger partial charge is 0.251 e. The number of likely N-dealkylation sites (N-methyl/N-ethyl adjacent to an activating group) is 1. The first kappa shape index (κ1) is 18.7. The van der Waals surface area contributed by atoms with E-state index >= 15 is 0 Å². The lowest BCUT2D eigenvalue weighted by Crippen LogP contribution is -2.22. The highest BCUT2D eigenvalue weighted by molar-refractivity contribution is 5.94. The predicted octanol–water partition coefficient (Wildman–Crippen LogP) is 2.78. The molecule has 140 valence electrons. The third-order valence-electron chi connectivity index (χ3n) is 4.23. The number of benzene rings is 2. The van der Waals surface area contributed by atoms with Crippen LogP contribution in [0, 0.1) is 0 Å². The van der Waals surface area contributed by atoms with Crippen LogP contribution in [0.3, 0.4) is 0 Å². The normalized spacial score (nSPS) is 10.8. The number of hydrogen-bond donors (Lipinski definition) is 2. The second kappa shape index (κ2) is 9.00. The van der Waals surface area contributed by atoms with E-state index in [0.717, 1.165) is 30.0 Å². The molecule has 0 spiro atoms. The van der Waals surface area contributed by atoms with Gasteiger partial charge in [0.15, 0.2) is 0 Å². The lowest BCUT2D eigenvalue weighted by Gasteiger charge is -2.12. The van der Waals surface area contributed by atoms with Crippen molar-refractivity contribution in [3.63, 3.8) is 0 Å². The van der Waals surface area contributed by atoms with Crippen molar-refractivity contribution < 1.29 is 4.79 Å². The molecule has 1 aromatic heterocycles. The van der Waals surface area contributed by atoms with Gasteiger partial charge in [-0.1, -0.05) is 12.1 Å². The van der Waals surface area contributed by atoms with Crippen molar-refractivity contribution in [3.05, 3.63) is 78.4 Å². The van der Waals surface area contributed by atoms with Gasteiger partial charge in [-0.3, -0.25) is 4.79 Å². The Morgan fingerprint density at radius 3 is 2.44 bits per heavy atom. The SMILES string of the molecule is CN(C)CCNc1ccc(CNC(=O)c2ccc(-n3ccnc3)cc2)cc1. The summed E-state index contributed by atoms with van der Waals surface area (Å²) >= 11 is 0. The van der Waals surface area contributed by atoms with E-state index in [0.29, 0.717) is 12.1 Å². The number of carbonyl (C=O) groups is 1. The number of hydrogen-bond acceptors (Lipinski definition) is 4. The summed E-state index contributed by atoms with van der Waals surface area (Å²) in [5, 5.41) is 6.34. The maximum Gasteiger partial charge on any atom is 0.251 e. The van der Waals surface area contributed by atoms with Gasteiger partial charge < -0.3 is 20.1 Å². The van der Waals surface area contributed by atoms with Crippen LogP contribution >= 0.6 is 0 Å². The molecule has 0 atom stereocenters. The molecule has 27 heavy (non-hydrogen) atoms. The molecule has 0 radical (unpaired) electrons. The van der Waals surface area contributed by atoms with Crippen LogP contribution in [-0.4, -0.2) is 47.5 Å². The Balaban J connectivity index is 1.50. The molecule has 0 aliphatic heterocycles. The van der Waals surface area contributed by atoms with Crippen molar-refractivity contribution in [1.29, 1.82) is 0 Å². The first-order chi connectivity index (χ1) is 13.1. The van der Waals surface area contributed by atoms with E-state index in [4.69, 9.17) is 0 Å². The van der Waals surface area contributed by atoms with Crippen molar-refractivity contribution in [1.82, 2.24) is 19.8 Å². The topological polar surface area (TPSA) is 62.2 Å². The van der Waals surface area contributed by atoms with Crippen molar-refractivity contribution >= 4 is 11.6 Å². The fourth-order valence-corrected chi connectivity index (χ4v) is 2.65. The van der Waals surface area contributed by atoms with E-state index in [1.165, 1.54) is 0 Å². The third kappa shape index (κ3) is 5.43. The summed E-state index contributed by atoms with van der Waals surface area (Å²) in [5.74, 6) is -0.0830. The molecular formula is C21H25N5O. The molecule has 0 saturated carbocycles. The zero-order valence-corrected chi connectivity index (χ0v) is 15.7. The zero-order valence-electron chi connectivity index (χ0n) is 15.7. The number of imidazole rings is 1. The molecule has 0 unspecified atom stereocenters. The number of carbonyl (C=O) groups excluding carboxylic acids is 1. The number of rotatable bonds is 8. The van der Waals surface area contributed by atoms with Gasteiger partial charge in [0, 0.05) is 49.0 Å². The van der Waals surface area contributed by atoms with Gasteiger partial charge in [-0.05, 0) is 56.1 Å². The monoisotopic (exact) mass is 363 g/mol. The van der Waals surface area contributed by atoms with Gasteiger partial charge >= 0.3 is 0 Å². The Labute approximate surface area is 159 Å². The summed E-state index contributed by atoms with van der Waals surface area (Å²) in [4.78, 5) is 18.5. The molecule has 0 bridgehead atoms. The lowest BCUT2D eigenvalue weighted by molar-refractivity contribution is 0.0951. The van der Waals surface area contributed by atoms with Gasteiger partial charge in [0.1, 0.15) is 0 Å². The van der Waals surface area contributed by atoms with Crippen LogP contribution in [-0.2, 0) is 6.54 Å². The van der Waals surface area contributed by atoms with Crippen molar-refractivity contribution in [2.75, 3.05) is 32.5 Å². The molecule has 6 nitrogen and oxygen atoms in total. The Hall–Kier alpha value is -3.12. The molecule has 3 rings (SSSR count). The number of aromatic nitrogens is 2. The van der Waals surface area contributed by atoms with Gasteiger partial charge in [0.05, 0.1) is 6.33 Å². The summed E-state index contributed by atoms with van der Waals surface area (Å²) < 4.78 is 1.90. The summed E-state index contributed by atoms with van der Waals surface area (Å²) in [6, 6.07) is 15.6. The van der Waals surface area contributed by atoms with Gasteiger partial charge in [-0.15, -0.1) is 0 Å². The summed E-state index contributed by atoms with van der Waals surface area (Å²) in [6.45, 7) is 2.38. The second-order valence-electron chi connectivity index (χ2n) is 6.63. The minimum atomic E-state index is -0.0830. The summed E-state index contributed by atoms with van der Waals surface area (Å²) in [6.07, 6.45) is 5.33. The average Bonchev–Trinajstić information content (AvgIpc) is 3.22. The molecule has 0 aliphatic rings. The number of nitrogens with zero attached hydrogens (tertiary/aromatic N) is 3. The summed E-state index contributed by atoms with van der Waals surface area (Å²) in [5.41, 5.74) is 3.76. The van der Waals surface area contributed by atoms with Gasteiger partial charge in [-0.2, -0.15) is 0 Å². The molecular weight excluding hydrogens is 338 g/mol. The van der Waals surface area contributed by atoms with Crippen molar-refractivity contribution in [3.8, 4) is 5.69 Å². The Kier molecular flexibility index (Phi) is 6.22. The molecule has 1 amide bonds. The maximum atomic E-state index is 12.3. The third-order valence-corrected chi connectivity index (χ3v) is 4.23. The van der Waals surface area contributed by atoms with Gasteiger partial charge in [0.25, 0.3) is 5.91 Å². The minimum Gasteiger partial charge on any atom is -0.384 e. The molecule has 0 saturated heterocycles. The number of anilines is 1. The molecule has 0 aliphatic carbocycles. The van der Waals surface area contributed by atoms with Crippen LogP contribution in [0.2, 0.25) is 0 Å².